The summed E-state index contributed by atoms with van der Waals surface area (Å²) in [5.74, 6) is -1.56. The van der Waals surface area contributed by atoms with Gasteiger partial charge >= 0.3 is 6.09 Å². The van der Waals surface area contributed by atoms with Gasteiger partial charge in [0.15, 0.2) is 0 Å². The van der Waals surface area contributed by atoms with Gasteiger partial charge < -0.3 is 25.0 Å². The number of hydrogen-bond acceptors (Lipinski definition) is 12. The summed E-state index contributed by atoms with van der Waals surface area (Å²) in [4.78, 5) is 66.9. The lowest BCUT2D eigenvalue weighted by Gasteiger charge is -2.30. The van der Waals surface area contributed by atoms with Crippen LogP contribution in [-0.2, 0) is 19.1 Å². The van der Waals surface area contributed by atoms with Gasteiger partial charge in [-0.05, 0) is 92.3 Å². The summed E-state index contributed by atoms with van der Waals surface area (Å²) in [6.07, 6.45) is 10.1. The molecule has 4 amide bonds. The van der Waals surface area contributed by atoms with E-state index in [2.05, 4.69) is 36.6 Å². The van der Waals surface area contributed by atoms with E-state index in [9.17, 15) is 19.2 Å². The van der Waals surface area contributed by atoms with Crippen LogP contribution in [0.15, 0.2) is 53.2 Å². The molecule has 2 fully saturated rings. The number of carbonyl (C=O) groups excluding carboxylic acids is 4. The number of fused-ring (bicyclic) bond motifs is 3. The number of ether oxygens (including phenoxy) is 2. The predicted molar refractivity (Wildman–Crippen MR) is 204 cm³/mol. The van der Waals surface area contributed by atoms with E-state index >= 15 is 0 Å². The Bertz CT molecular complexity index is 2080. The zero-order valence-corrected chi connectivity index (χ0v) is 31.7. The summed E-state index contributed by atoms with van der Waals surface area (Å²) >= 11 is 1.58. The summed E-state index contributed by atoms with van der Waals surface area (Å²) in [5.41, 5.74) is 0.688. The number of aromatic amines is 1. The molecule has 1 aromatic carbocycles. The Kier molecular flexibility index (Phi) is 10.9. The Morgan fingerprint density at radius 3 is 2.64 bits per heavy atom. The summed E-state index contributed by atoms with van der Waals surface area (Å²) in [6.45, 7) is 5.25. The van der Waals surface area contributed by atoms with Crippen molar-refractivity contribution in [2.45, 2.75) is 95.0 Å². The van der Waals surface area contributed by atoms with Crippen molar-refractivity contribution >= 4 is 64.3 Å². The fourth-order valence-electron chi connectivity index (χ4n) is 6.94. The normalized spacial score (nSPS) is 25.3. The summed E-state index contributed by atoms with van der Waals surface area (Å²) in [7, 11) is 0. The molecule has 1 saturated heterocycles. The van der Waals surface area contributed by atoms with Crippen LogP contribution in [0.5, 0.6) is 5.88 Å². The molecule has 4 N–H and O–H groups in total. The molecule has 0 spiro atoms. The van der Waals surface area contributed by atoms with Crippen LogP contribution in [0.4, 0.5) is 10.7 Å². The number of allylic oxidation sites excluding steroid dienone is 1. The Balaban J connectivity index is 1.21. The average molecular weight is 769 g/mol. The van der Waals surface area contributed by atoms with Crippen LogP contribution >= 0.6 is 11.3 Å². The molecule has 16 nitrogen and oxygen atoms in total. The second-order valence-corrected chi connectivity index (χ2v) is 15.8. The summed E-state index contributed by atoms with van der Waals surface area (Å²) in [6, 6.07) is 7.41. The van der Waals surface area contributed by atoms with Crippen molar-refractivity contribution in [2.75, 3.05) is 11.9 Å². The van der Waals surface area contributed by atoms with Crippen LogP contribution in [0.1, 0.15) is 77.0 Å². The Hall–Kier alpha value is -5.71. The van der Waals surface area contributed by atoms with Crippen LogP contribution in [-0.4, -0.2) is 95.2 Å². The van der Waals surface area contributed by atoms with E-state index in [1.54, 1.807) is 32.1 Å². The summed E-state index contributed by atoms with van der Waals surface area (Å²) in [5, 5.41) is 25.9. The minimum atomic E-state index is -1.31. The Morgan fingerprint density at radius 2 is 1.89 bits per heavy atom. The molecular formula is C38H44N10O6S. The van der Waals surface area contributed by atoms with Crippen molar-refractivity contribution in [1.82, 2.24) is 46.1 Å². The van der Waals surface area contributed by atoms with E-state index in [-0.39, 0.29) is 30.7 Å². The van der Waals surface area contributed by atoms with Gasteiger partial charge in [0, 0.05) is 12.3 Å². The fourth-order valence-corrected chi connectivity index (χ4v) is 7.57. The number of H-pyrrole nitrogens is 1. The molecule has 1 saturated carbocycles. The summed E-state index contributed by atoms with van der Waals surface area (Å²) < 4.78 is 12.1. The number of aromatic nitrogens is 6. The highest BCUT2D eigenvalue weighted by molar-refractivity contribution is 7.08. The van der Waals surface area contributed by atoms with E-state index in [0.29, 0.717) is 36.0 Å². The maximum Gasteiger partial charge on any atom is 0.408 e. The van der Waals surface area contributed by atoms with Crippen LogP contribution in [0.25, 0.3) is 23.2 Å². The number of benzene rings is 1. The molecule has 4 aromatic rings. The van der Waals surface area contributed by atoms with Gasteiger partial charge in [0.2, 0.25) is 17.7 Å². The number of anilines is 1. The predicted octanol–water partition coefficient (Wildman–Crippen LogP) is 4.65. The van der Waals surface area contributed by atoms with Gasteiger partial charge in [-0.25, -0.2) is 14.8 Å². The van der Waals surface area contributed by atoms with Gasteiger partial charge in [-0.15, -0.1) is 5.10 Å². The van der Waals surface area contributed by atoms with Gasteiger partial charge in [-0.2, -0.15) is 16.6 Å². The fraction of sp³-hybridized carbons (Fsp3) is 0.447. The number of alkyl carbamates (subject to hydrolysis) is 1. The molecular weight excluding hydrogens is 725 g/mol. The van der Waals surface area contributed by atoms with Gasteiger partial charge in [0.25, 0.3) is 11.9 Å². The zero-order chi connectivity index (χ0) is 38.6. The minimum Gasteiger partial charge on any atom is -0.471 e. The number of carbonyl (C=O) groups is 4. The number of thiophene rings is 1. The van der Waals surface area contributed by atoms with Crippen molar-refractivity contribution in [3.05, 3.63) is 64.5 Å². The smallest absolute Gasteiger partial charge is 0.408 e. The number of tetrazole rings is 1. The van der Waals surface area contributed by atoms with Crippen LogP contribution in [0.3, 0.4) is 0 Å². The number of nitrogens with one attached hydrogen (secondary N) is 4. The lowest BCUT2D eigenvalue weighted by Crippen LogP contribution is -2.57. The van der Waals surface area contributed by atoms with E-state index in [0.717, 1.165) is 24.8 Å². The molecule has 3 aliphatic rings. The first-order valence-electron chi connectivity index (χ1n) is 18.4. The first-order chi connectivity index (χ1) is 26.5. The highest BCUT2D eigenvalue weighted by Gasteiger charge is 2.61. The zero-order valence-electron chi connectivity index (χ0n) is 30.9. The third kappa shape index (κ3) is 8.99. The lowest BCUT2D eigenvalue weighted by atomic mass is 10.0. The van der Waals surface area contributed by atoms with Crippen molar-refractivity contribution in [1.29, 1.82) is 0 Å². The molecule has 0 bridgehead atoms. The average Bonchev–Trinajstić information content (AvgIpc) is 3.63. The minimum absolute atomic E-state index is 0.0109. The lowest BCUT2D eigenvalue weighted by molar-refractivity contribution is -0.141. The Labute approximate surface area is 321 Å². The molecule has 17 heteroatoms. The van der Waals surface area contributed by atoms with Gasteiger partial charge in [0.05, 0.1) is 17.6 Å². The molecule has 0 radical (unpaired) electrons. The number of para-hydroxylation sites is 2. The van der Waals surface area contributed by atoms with Crippen molar-refractivity contribution in [3.63, 3.8) is 0 Å². The maximum absolute atomic E-state index is 14.6. The first-order valence-corrected chi connectivity index (χ1v) is 19.4. The van der Waals surface area contributed by atoms with Crippen LogP contribution in [0, 0.1) is 5.92 Å². The maximum atomic E-state index is 14.6. The van der Waals surface area contributed by atoms with Gasteiger partial charge in [-0.1, -0.05) is 48.3 Å². The molecule has 0 unspecified atom stereocenters. The molecule has 5 heterocycles. The third-order valence-corrected chi connectivity index (χ3v) is 10.4. The van der Waals surface area contributed by atoms with E-state index in [1.807, 2.05) is 65.4 Å². The quantitative estimate of drug-likeness (QED) is 0.190. The van der Waals surface area contributed by atoms with Crippen molar-refractivity contribution < 1.29 is 28.7 Å². The second-order valence-electron chi connectivity index (χ2n) is 15.0. The molecule has 5 atom stereocenters. The number of hydrogen-bond donors (Lipinski definition) is 4. The molecule has 288 valence electrons. The van der Waals surface area contributed by atoms with Gasteiger partial charge in [-0.3, -0.25) is 19.7 Å². The second kappa shape index (κ2) is 15.9. The Morgan fingerprint density at radius 1 is 1.07 bits per heavy atom. The monoisotopic (exact) mass is 768 g/mol. The highest BCUT2D eigenvalue weighted by Crippen LogP contribution is 2.46. The van der Waals surface area contributed by atoms with Crippen LogP contribution < -0.4 is 20.7 Å². The molecule has 1 aliphatic carbocycles. The number of amides is 4. The van der Waals surface area contributed by atoms with E-state index in [4.69, 9.17) is 19.4 Å². The molecule has 7 rings (SSSR count). The standard InChI is InChI=1S/C38H44N10O6S/c1-37(2,3)54-36(52)41-29-14-8-6-4-5-7-11-24-20-38(24,34(51)42-35-44-46-47-45-35)43-31(49)30-19-25(21-48(30)33(29)50)53-32-28(16-15-23-17-18-55-22-23)39-26-12-9-10-13-27(26)40-32/h7,9-13,15-18,22,24-25,29-30H,4-6,8,14,19-21H2,1-3H3,(H,41,52)(H,43,49)(H2,42,44,45,46,47,51)/b11-7-,16-15+/t24-,25+,29-,30-,38+/m0/s1. The topological polar surface area (TPSA) is 206 Å². The third-order valence-electron chi connectivity index (χ3n) is 9.73. The molecule has 55 heavy (non-hydrogen) atoms. The SMILES string of the molecule is CC(C)(C)OC(=O)N[C@H]1CCCCC/C=C\[C@H]2C[C@@]2(C(=O)Nc2nn[nH]n2)NC(=O)[C@@H]2C[C@@H](Oc3nc4ccccc4nc3/C=C/c3ccsc3)CN2C1=O. The van der Waals surface area contributed by atoms with Crippen molar-refractivity contribution in [3.8, 4) is 5.88 Å². The highest BCUT2D eigenvalue weighted by atomic mass is 32.1. The van der Waals surface area contributed by atoms with E-state index in [1.165, 1.54) is 4.90 Å². The van der Waals surface area contributed by atoms with Crippen LogP contribution in [0.2, 0.25) is 0 Å². The first kappa shape index (κ1) is 37.6. The van der Waals surface area contributed by atoms with Crippen molar-refractivity contribution in [2.24, 2.45) is 5.92 Å². The molecule has 3 aromatic heterocycles. The van der Waals surface area contributed by atoms with E-state index < -0.39 is 53.1 Å². The number of nitrogens with zero attached hydrogens (tertiary/aromatic N) is 6. The number of rotatable bonds is 7. The van der Waals surface area contributed by atoms with Gasteiger partial charge in [0.1, 0.15) is 35.0 Å². The largest absolute Gasteiger partial charge is 0.471 e. The molecule has 2 aliphatic heterocycles.